The van der Waals surface area contributed by atoms with Crippen LogP contribution < -0.4 is 0 Å². The number of nitriles is 1. The van der Waals surface area contributed by atoms with Crippen molar-refractivity contribution < 1.29 is 14.7 Å². The minimum Gasteiger partial charge on any atom is -0.393 e. The van der Waals surface area contributed by atoms with Crippen LogP contribution in [0.15, 0.2) is 30.5 Å². The molecule has 1 N–H and O–H groups in total. The zero-order chi connectivity index (χ0) is 23.2. The van der Waals surface area contributed by atoms with Gasteiger partial charge in [0.1, 0.15) is 0 Å². The van der Waals surface area contributed by atoms with E-state index in [1.807, 2.05) is 13.0 Å². The molecule has 8 heteroatoms. The molecule has 0 radical (unpaired) electrons. The van der Waals surface area contributed by atoms with Crippen LogP contribution in [0.5, 0.6) is 0 Å². The number of benzene rings is 2. The van der Waals surface area contributed by atoms with Gasteiger partial charge in [0, 0.05) is 24.7 Å². The van der Waals surface area contributed by atoms with Crippen molar-refractivity contribution in [3.63, 3.8) is 0 Å². The normalized spacial score (nSPS) is 14.6. The summed E-state index contributed by atoms with van der Waals surface area (Å²) < 4.78 is 1.44. The molecule has 1 saturated heterocycles. The van der Waals surface area contributed by atoms with Crippen molar-refractivity contribution >= 4 is 45.9 Å². The lowest BCUT2D eigenvalue weighted by molar-refractivity contribution is 0.0546. The second-order valence-electron chi connectivity index (χ2n) is 8.04. The Balaban J connectivity index is 1.81. The first-order valence-corrected chi connectivity index (χ1v) is 11.0. The molecule has 0 atom stereocenters. The number of likely N-dealkylation sites (tertiary alicyclic amines) is 1. The van der Waals surface area contributed by atoms with E-state index in [-0.39, 0.29) is 27.1 Å². The van der Waals surface area contributed by atoms with Crippen molar-refractivity contribution in [1.29, 1.82) is 5.26 Å². The summed E-state index contributed by atoms with van der Waals surface area (Å²) in [6.07, 6.45) is 2.27. The van der Waals surface area contributed by atoms with E-state index in [2.05, 4.69) is 6.07 Å². The van der Waals surface area contributed by atoms with Gasteiger partial charge in [-0.15, -0.1) is 0 Å². The fourth-order valence-corrected chi connectivity index (χ4v) is 4.82. The molecular formula is C24H21Cl2N3O3. The lowest BCUT2D eigenvalue weighted by Crippen LogP contribution is -2.40. The average Bonchev–Trinajstić information content (AvgIpc) is 3.11. The molecule has 6 nitrogen and oxygen atoms in total. The first-order valence-electron chi connectivity index (χ1n) is 10.3. The van der Waals surface area contributed by atoms with Gasteiger partial charge in [-0.25, -0.2) is 0 Å². The van der Waals surface area contributed by atoms with Crippen molar-refractivity contribution in [2.24, 2.45) is 0 Å². The number of aromatic nitrogens is 1. The second-order valence-corrected chi connectivity index (χ2v) is 8.83. The maximum atomic E-state index is 13.6. The number of piperidine rings is 1. The third-order valence-electron chi connectivity index (χ3n) is 6.05. The number of aryl methyl sites for hydroxylation is 2. The number of amides is 1. The van der Waals surface area contributed by atoms with Crippen LogP contribution >= 0.6 is 23.2 Å². The van der Waals surface area contributed by atoms with Gasteiger partial charge in [-0.05, 0) is 56.0 Å². The smallest absolute Gasteiger partial charge is 0.265 e. The van der Waals surface area contributed by atoms with Crippen molar-refractivity contribution in [2.45, 2.75) is 32.8 Å². The number of carbonyl (C=O) groups excluding carboxylic acids is 2. The van der Waals surface area contributed by atoms with Gasteiger partial charge >= 0.3 is 0 Å². The SMILES string of the molecule is Cc1cn(C(=O)c2c(Cl)ccc(C(=O)N3CCC(O)CC3)c2Cl)c2c(C)c(C#N)ccc12. The predicted octanol–water partition coefficient (Wildman–Crippen LogP) is 4.72. The van der Waals surface area contributed by atoms with Gasteiger partial charge in [0.2, 0.25) is 0 Å². The van der Waals surface area contributed by atoms with E-state index in [0.717, 1.165) is 10.9 Å². The van der Waals surface area contributed by atoms with Gasteiger partial charge in [-0.3, -0.25) is 14.2 Å². The van der Waals surface area contributed by atoms with Gasteiger partial charge in [-0.1, -0.05) is 29.3 Å². The molecule has 4 rings (SSSR count). The molecule has 2 aromatic carbocycles. The van der Waals surface area contributed by atoms with Crippen LogP contribution in [0, 0.1) is 25.2 Å². The van der Waals surface area contributed by atoms with Crippen LogP contribution in [-0.4, -0.2) is 45.6 Å². The first-order chi connectivity index (χ1) is 15.2. The van der Waals surface area contributed by atoms with E-state index in [4.69, 9.17) is 23.2 Å². The standard InChI is InChI=1S/C24H21Cl2N3O3/c1-13-12-29(22-14(2)15(11-27)3-4-17(13)22)24(32)20-19(25)6-5-18(21(20)26)23(31)28-9-7-16(30)8-10-28/h3-6,12,16,30H,7-10H2,1-2H3. The number of fused-ring (bicyclic) bond motifs is 1. The van der Waals surface area contributed by atoms with Gasteiger partial charge in [-0.2, -0.15) is 5.26 Å². The van der Waals surface area contributed by atoms with Crippen LogP contribution in [-0.2, 0) is 0 Å². The maximum absolute atomic E-state index is 13.6. The molecule has 1 fully saturated rings. The summed E-state index contributed by atoms with van der Waals surface area (Å²) in [5.74, 6) is -0.774. The summed E-state index contributed by atoms with van der Waals surface area (Å²) in [5, 5.41) is 20.1. The van der Waals surface area contributed by atoms with Gasteiger partial charge < -0.3 is 10.0 Å². The highest BCUT2D eigenvalue weighted by molar-refractivity contribution is 6.41. The molecule has 1 aliphatic rings. The van der Waals surface area contributed by atoms with Crippen LogP contribution in [0.25, 0.3) is 10.9 Å². The molecule has 2 heterocycles. The lowest BCUT2D eigenvalue weighted by atomic mass is 10.0. The fourth-order valence-electron chi connectivity index (χ4n) is 4.21. The van der Waals surface area contributed by atoms with Crippen LogP contribution in [0.4, 0.5) is 0 Å². The Kier molecular flexibility index (Phi) is 6.00. The molecule has 32 heavy (non-hydrogen) atoms. The third-order valence-corrected chi connectivity index (χ3v) is 6.75. The lowest BCUT2D eigenvalue weighted by Gasteiger charge is -2.30. The molecular weight excluding hydrogens is 449 g/mol. The number of hydrogen-bond acceptors (Lipinski definition) is 4. The summed E-state index contributed by atoms with van der Waals surface area (Å²) in [5.41, 5.74) is 2.86. The van der Waals surface area contributed by atoms with E-state index >= 15 is 0 Å². The van der Waals surface area contributed by atoms with Gasteiger partial charge in [0.05, 0.1) is 44.4 Å². The minimum atomic E-state index is -0.472. The third kappa shape index (κ3) is 3.67. The summed E-state index contributed by atoms with van der Waals surface area (Å²) in [7, 11) is 0. The highest BCUT2D eigenvalue weighted by Crippen LogP contribution is 2.33. The van der Waals surface area contributed by atoms with E-state index in [9.17, 15) is 20.0 Å². The highest BCUT2D eigenvalue weighted by atomic mass is 35.5. The quantitative estimate of drug-likeness (QED) is 0.587. The monoisotopic (exact) mass is 469 g/mol. The second kappa shape index (κ2) is 8.59. The van der Waals surface area contributed by atoms with Crippen molar-refractivity contribution in [2.75, 3.05) is 13.1 Å². The van der Waals surface area contributed by atoms with Gasteiger partial charge in [0.25, 0.3) is 11.8 Å². The zero-order valence-electron chi connectivity index (χ0n) is 17.7. The number of halogens is 2. The van der Waals surface area contributed by atoms with E-state index in [1.54, 1.807) is 24.1 Å². The Labute approximate surface area is 195 Å². The number of aliphatic hydroxyl groups excluding tert-OH is 1. The van der Waals surface area contributed by atoms with Gasteiger partial charge in [0.15, 0.2) is 0 Å². The number of carbonyl (C=O) groups is 2. The van der Waals surface area contributed by atoms with Crippen molar-refractivity contribution in [1.82, 2.24) is 9.47 Å². The van der Waals surface area contributed by atoms with Crippen LogP contribution in [0.3, 0.4) is 0 Å². The minimum absolute atomic E-state index is 0.00721. The zero-order valence-corrected chi connectivity index (χ0v) is 19.2. The molecule has 1 aliphatic heterocycles. The molecule has 0 unspecified atom stereocenters. The summed E-state index contributed by atoms with van der Waals surface area (Å²) in [6.45, 7) is 4.50. The van der Waals surface area contributed by atoms with E-state index < -0.39 is 12.0 Å². The van der Waals surface area contributed by atoms with Crippen LogP contribution in [0.2, 0.25) is 10.0 Å². The van der Waals surface area contributed by atoms with E-state index in [1.165, 1.54) is 16.7 Å². The Morgan fingerprint density at radius 2 is 1.78 bits per heavy atom. The predicted molar refractivity (Wildman–Crippen MR) is 123 cm³/mol. The number of nitrogens with zero attached hydrogens (tertiary/aromatic N) is 3. The molecule has 1 aromatic heterocycles. The molecule has 0 aliphatic carbocycles. The van der Waals surface area contributed by atoms with Crippen molar-refractivity contribution in [3.05, 3.63) is 68.3 Å². The molecule has 3 aromatic rings. The average molecular weight is 470 g/mol. The summed E-state index contributed by atoms with van der Waals surface area (Å²) >= 11 is 13.0. The van der Waals surface area contributed by atoms with Crippen LogP contribution in [0.1, 0.15) is 50.2 Å². The summed E-state index contributed by atoms with van der Waals surface area (Å²) in [4.78, 5) is 28.3. The maximum Gasteiger partial charge on any atom is 0.265 e. The topological polar surface area (TPSA) is 86.3 Å². The Morgan fingerprint density at radius 3 is 2.44 bits per heavy atom. The summed E-state index contributed by atoms with van der Waals surface area (Å²) in [6, 6.07) is 8.71. The first kappa shape index (κ1) is 22.3. The molecule has 1 amide bonds. The Bertz CT molecular complexity index is 1300. The molecule has 0 spiro atoms. The number of aliphatic hydroxyl groups is 1. The highest BCUT2D eigenvalue weighted by Gasteiger charge is 2.28. The van der Waals surface area contributed by atoms with Crippen molar-refractivity contribution in [3.8, 4) is 6.07 Å². The number of hydrogen-bond donors (Lipinski definition) is 1. The largest absolute Gasteiger partial charge is 0.393 e. The Hall–Kier alpha value is -2.85. The number of rotatable bonds is 2. The Morgan fingerprint density at radius 1 is 1.09 bits per heavy atom. The molecule has 0 saturated carbocycles. The molecule has 0 bridgehead atoms. The van der Waals surface area contributed by atoms with E-state index in [0.29, 0.717) is 42.6 Å². The molecule has 164 valence electrons. The fraction of sp³-hybridized carbons (Fsp3) is 0.292.